The zero-order valence-corrected chi connectivity index (χ0v) is 13.6. The minimum absolute atomic E-state index is 0. The van der Waals surface area contributed by atoms with Crippen molar-refractivity contribution < 1.29 is 47.9 Å². The largest absolute Gasteiger partial charge is 1.00 e. The molecule has 0 heterocycles. The quantitative estimate of drug-likeness (QED) is 0.497. The molecule has 98 valence electrons. The first kappa shape index (κ1) is 16.7. The summed E-state index contributed by atoms with van der Waals surface area (Å²) in [6.07, 6.45) is 0. The van der Waals surface area contributed by atoms with Crippen molar-refractivity contribution in [3.05, 3.63) is 54.1 Å². The minimum atomic E-state index is -3.67. The van der Waals surface area contributed by atoms with Crippen molar-refractivity contribution in [2.75, 3.05) is 5.73 Å². The van der Waals surface area contributed by atoms with E-state index in [1.807, 2.05) is 0 Å². The number of carbonyl (C=O) groups is 1. The summed E-state index contributed by atoms with van der Waals surface area (Å²) in [4.78, 5) is 10.7. The summed E-state index contributed by atoms with van der Waals surface area (Å²) in [6, 6.07) is 10.6. The first-order valence-electron chi connectivity index (χ1n) is 5.33. The molecule has 0 saturated heterocycles. The van der Waals surface area contributed by atoms with Crippen LogP contribution in [0.4, 0.5) is 5.69 Å². The van der Waals surface area contributed by atoms with E-state index in [9.17, 15) is 18.3 Å². The number of hydrogen-bond donors (Lipinski definition) is 1. The smallest absolute Gasteiger partial charge is 0.545 e. The van der Waals surface area contributed by atoms with Crippen LogP contribution in [-0.4, -0.2) is 14.4 Å². The van der Waals surface area contributed by atoms with Crippen LogP contribution in [-0.2, 0) is 9.84 Å². The molecule has 20 heavy (non-hydrogen) atoms. The Balaban J connectivity index is 0.00000200. The average Bonchev–Trinajstić information content (AvgIpc) is 2.39. The molecule has 0 aliphatic heterocycles. The van der Waals surface area contributed by atoms with Gasteiger partial charge in [-0.2, -0.15) is 0 Å². The van der Waals surface area contributed by atoms with E-state index in [0.29, 0.717) is 5.69 Å². The molecule has 2 aromatic carbocycles. The molecule has 5 nitrogen and oxygen atoms in total. The molecule has 2 N–H and O–H groups in total. The molecule has 0 unspecified atom stereocenters. The van der Waals surface area contributed by atoms with E-state index in [-0.39, 0.29) is 44.9 Å². The van der Waals surface area contributed by atoms with Crippen LogP contribution in [0.25, 0.3) is 0 Å². The second-order valence-electron chi connectivity index (χ2n) is 3.88. The maximum Gasteiger partial charge on any atom is 1.00 e. The van der Waals surface area contributed by atoms with Gasteiger partial charge in [0.05, 0.1) is 15.8 Å². The summed E-state index contributed by atoms with van der Waals surface area (Å²) < 4.78 is 24.4. The van der Waals surface area contributed by atoms with Crippen LogP contribution in [0.15, 0.2) is 58.3 Å². The Kier molecular flexibility index (Phi) is 5.35. The Bertz CT molecular complexity index is 709. The van der Waals surface area contributed by atoms with Crippen LogP contribution in [0.1, 0.15) is 10.4 Å². The second-order valence-corrected chi connectivity index (χ2v) is 5.83. The van der Waals surface area contributed by atoms with Crippen molar-refractivity contribution in [1.29, 1.82) is 0 Å². The number of sulfone groups is 1. The van der Waals surface area contributed by atoms with Crippen LogP contribution in [0.3, 0.4) is 0 Å². The number of anilines is 1. The molecule has 0 fully saturated rings. The molecular weight excluding hydrogens is 289 g/mol. The van der Waals surface area contributed by atoms with Gasteiger partial charge in [-0.05, 0) is 42.0 Å². The molecule has 0 aliphatic carbocycles. The maximum atomic E-state index is 12.2. The average molecular weight is 299 g/mol. The third-order valence-corrected chi connectivity index (χ3v) is 4.38. The summed E-state index contributed by atoms with van der Waals surface area (Å²) in [5, 5.41) is 10.6. The normalized spacial score (nSPS) is 10.6. The van der Waals surface area contributed by atoms with Crippen molar-refractivity contribution in [3.8, 4) is 0 Å². The molecule has 2 aromatic rings. The Labute approximate surface area is 138 Å². The Hall–Kier alpha value is -1.34. The van der Waals surface area contributed by atoms with Gasteiger partial charge in [-0.1, -0.05) is 12.1 Å². The topological polar surface area (TPSA) is 100 Å². The van der Waals surface area contributed by atoms with Crippen molar-refractivity contribution in [2.45, 2.75) is 9.79 Å². The van der Waals surface area contributed by atoms with Crippen LogP contribution >= 0.6 is 0 Å². The van der Waals surface area contributed by atoms with Crippen LogP contribution in [0.5, 0.6) is 0 Å². The Morgan fingerprint density at radius 2 is 1.30 bits per heavy atom. The van der Waals surface area contributed by atoms with Crippen LogP contribution in [0, 0.1) is 0 Å². The van der Waals surface area contributed by atoms with Gasteiger partial charge in [0.15, 0.2) is 0 Å². The predicted molar refractivity (Wildman–Crippen MR) is 67.1 cm³/mol. The second kappa shape index (κ2) is 6.41. The molecule has 0 saturated carbocycles. The number of nitrogens with two attached hydrogens (primary N) is 1. The third kappa shape index (κ3) is 3.40. The molecule has 7 heteroatoms. The van der Waals surface area contributed by atoms with Crippen molar-refractivity contribution >= 4 is 21.5 Å². The van der Waals surface area contributed by atoms with Gasteiger partial charge in [0.25, 0.3) is 0 Å². The third-order valence-electron chi connectivity index (χ3n) is 2.59. The molecule has 0 amide bonds. The molecule has 0 spiro atoms. The van der Waals surface area contributed by atoms with Gasteiger partial charge in [-0.25, -0.2) is 8.42 Å². The van der Waals surface area contributed by atoms with Gasteiger partial charge in [-0.3, -0.25) is 0 Å². The van der Waals surface area contributed by atoms with Gasteiger partial charge in [0.2, 0.25) is 9.84 Å². The van der Waals surface area contributed by atoms with Gasteiger partial charge < -0.3 is 15.6 Å². The SMILES string of the molecule is Nc1ccc(S(=O)(=O)c2ccc(C(=O)[O-])cc2)cc1.[Na+]. The van der Waals surface area contributed by atoms with Crippen LogP contribution in [0.2, 0.25) is 0 Å². The Morgan fingerprint density at radius 3 is 1.70 bits per heavy atom. The molecule has 0 aliphatic rings. The molecular formula is C13H10NNaO4S. The summed E-state index contributed by atoms with van der Waals surface area (Å²) in [7, 11) is -3.67. The monoisotopic (exact) mass is 299 g/mol. The standard InChI is InChI=1S/C13H11NO4S.Na/c14-10-3-7-12(8-4-10)19(17,18)11-5-1-9(2-6-11)13(15)16;/h1-8H,14H2,(H,15,16);/q;+1/p-1. The van der Waals surface area contributed by atoms with Crippen molar-refractivity contribution in [3.63, 3.8) is 0 Å². The van der Waals surface area contributed by atoms with E-state index in [1.165, 1.54) is 48.5 Å². The number of benzene rings is 2. The fraction of sp³-hybridized carbons (Fsp3) is 0. The number of nitrogen functional groups attached to an aromatic ring is 1. The van der Waals surface area contributed by atoms with Gasteiger partial charge in [-0.15, -0.1) is 0 Å². The minimum Gasteiger partial charge on any atom is -0.545 e. The summed E-state index contributed by atoms with van der Waals surface area (Å²) in [6.45, 7) is 0. The van der Waals surface area contributed by atoms with E-state index in [2.05, 4.69) is 0 Å². The molecule has 0 atom stereocenters. The molecule has 0 radical (unpaired) electrons. The van der Waals surface area contributed by atoms with E-state index in [1.54, 1.807) is 0 Å². The summed E-state index contributed by atoms with van der Waals surface area (Å²) in [5.74, 6) is -1.35. The van der Waals surface area contributed by atoms with E-state index < -0.39 is 15.8 Å². The maximum absolute atomic E-state index is 12.2. The fourth-order valence-corrected chi connectivity index (χ4v) is 2.81. The fourth-order valence-electron chi connectivity index (χ4n) is 1.55. The number of carboxylic acids is 1. The number of hydrogen-bond acceptors (Lipinski definition) is 5. The van der Waals surface area contributed by atoms with Crippen molar-refractivity contribution in [1.82, 2.24) is 0 Å². The Morgan fingerprint density at radius 1 is 0.900 bits per heavy atom. The molecule has 2 rings (SSSR count). The first-order valence-corrected chi connectivity index (χ1v) is 6.81. The number of rotatable bonds is 3. The van der Waals surface area contributed by atoms with E-state index in [0.717, 1.165) is 0 Å². The van der Waals surface area contributed by atoms with Crippen molar-refractivity contribution in [2.24, 2.45) is 0 Å². The number of carbonyl (C=O) groups excluding carboxylic acids is 1. The van der Waals surface area contributed by atoms with E-state index >= 15 is 0 Å². The zero-order chi connectivity index (χ0) is 14.0. The summed E-state index contributed by atoms with van der Waals surface area (Å²) >= 11 is 0. The predicted octanol–water partition coefficient (Wildman–Crippen LogP) is -2.53. The number of carboxylic acid groups (broad SMARTS) is 1. The zero-order valence-electron chi connectivity index (χ0n) is 10.7. The summed E-state index contributed by atoms with van der Waals surface area (Å²) in [5.41, 5.74) is 5.89. The molecule has 0 aromatic heterocycles. The van der Waals surface area contributed by atoms with Gasteiger partial charge in [0.1, 0.15) is 0 Å². The van der Waals surface area contributed by atoms with Gasteiger partial charge in [0, 0.05) is 5.69 Å². The van der Waals surface area contributed by atoms with E-state index in [4.69, 9.17) is 5.73 Å². The van der Waals surface area contributed by atoms with Gasteiger partial charge >= 0.3 is 29.6 Å². The van der Waals surface area contributed by atoms with Crippen LogP contribution < -0.4 is 40.4 Å². The number of aromatic carboxylic acids is 1. The molecule has 0 bridgehead atoms. The first-order chi connectivity index (χ1) is 8.91.